The summed E-state index contributed by atoms with van der Waals surface area (Å²) in [6, 6.07) is 12.3. The van der Waals surface area contributed by atoms with Crippen LogP contribution in [0, 0.1) is 0 Å². The zero-order valence-corrected chi connectivity index (χ0v) is 20.8. The molecule has 0 N–H and O–H groups in total. The Morgan fingerprint density at radius 3 is 2.59 bits per heavy atom. The maximum Gasteiger partial charge on any atom is 0.161 e. The Hall–Kier alpha value is -2.97. The van der Waals surface area contributed by atoms with E-state index in [4.69, 9.17) is 14.5 Å². The topological polar surface area (TPSA) is 65.3 Å². The molecule has 0 amide bonds. The number of methoxy groups -OCH3 is 2. The van der Waals surface area contributed by atoms with Gasteiger partial charge in [0.25, 0.3) is 0 Å². The van der Waals surface area contributed by atoms with Gasteiger partial charge in [-0.05, 0) is 67.7 Å². The van der Waals surface area contributed by atoms with Crippen molar-refractivity contribution in [3.63, 3.8) is 0 Å². The number of thiazole rings is 1. The molecule has 1 aliphatic rings. The smallest absolute Gasteiger partial charge is 0.161 e. The molecule has 4 aromatic rings. The van der Waals surface area contributed by atoms with Crippen LogP contribution in [-0.2, 0) is 13.0 Å². The molecule has 1 fully saturated rings. The van der Waals surface area contributed by atoms with Crippen LogP contribution in [-0.4, -0.2) is 52.2 Å². The van der Waals surface area contributed by atoms with E-state index >= 15 is 0 Å². The number of aromatic nitrogens is 4. The minimum atomic E-state index is -0.204. The van der Waals surface area contributed by atoms with E-state index in [0.29, 0.717) is 11.5 Å². The number of likely N-dealkylation sites (tertiary alicyclic amines) is 1. The molecular formula is C26H31N5O2S. The van der Waals surface area contributed by atoms with Gasteiger partial charge in [0.2, 0.25) is 0 Å². The fourth-order valence-electron chi connectivity index (χ4n) is 4.61. The number of ether oxygens (including phenoxy) is 2. The van der Waals surface area contributed by atoms with Crippen molar-refractivity contribution >= 4 is 21.6 Å². The molecule has 2 aromatic carbocycles. The van der Waals surface area contributed by atoms with Crippen LogP contribution in [0.15, 0.2) is 42.6 Å². The predicted octanol–water partition coefficient (Wildman–Crippen LogP) is 5.09. The van der Waals surface area contributed by atoms with E-state index in [1.54, 1.807) is 25.6 Å². The summed E-state index contributed by atoms with van der Waals surface area (Å²) in [5.74, 6) is 1.39. The Bertz CT molecular complexity index is 1260. The molecule has 0 spiro atoms. The van der Waals surface area contributed by atoms with Crippen LogP contribution in [0.3, 0.4) is 0 Å². The van der Waals surface area contributed by atoms with E-state index in [0.717, 1.165) is 47.8 Å². The van der Waals surface area contributed by atoms with Crippen molar-refractivity contribution in [2.24, 2.45) is 0 Å². The van der Waals surface area contributed by atoms with Crippen LogP contribution in [0.1, 0.15) is 54.1 Å². The second-order valence-corrected chi connectivity index (χ2v) is 9.81. The first-order chi connectivity index (χ1) is 16.7. The number of hydrogen-bond acceptors (Lipinski definition) is 7. The van der Waals surface area contributed by atoms with Crippen molar-refractivity contribution in [1.82, 2.24) is 24.9 Å². The Morgan fingerprint density at radius 2 is 1.82 bits per heavy atom. The molecule has 0 radical (unpaired) electrons. The highest BCUT2D eigenvalue weighted by atomic mass is 32.1. The molecule has 7 nitrogen and oxygen atoms in total. The summed E-state index contributed by atoms with van der Waals surface area (Å²) in [5.41, 5.74) is 4.34. The van der Waals surface area contributed by atoms with Gasteiger partial charge in [0.15, 0.2) is 11.5 Å². The van der Waals surface area contributed by atoms with Crippen molar-refractivity contribution in [2.75, 3.05) is 27.3 Å². The summed E-state index contributed by atoms with van der Waals surface area (Å²) < 4.78 is 14.2. The van der Waals surface area contributed by atoms with Crippen LogP contribution in [0.2, 0.25) is 0 Å². The molecule has 1 aliphatic heterocycles. The first kappa shape index (κ1) is 22.8. The minimum Gasteiger partial charge on any atom is -0.493 e. The van der Waals surface area contributed by atoms with Crippen LogP contribution in [0.25, 0.3) is 10.2 Å². The molecule has 178 valence electrons. The molecule has 3 heterocycles. The highest BCUT2D eigenvalue weighted by molar-refractivity contribution is 7.18. The van der Waals surface area contributed by atoms with E-state index in [2.05, 4.69) is 52.6 Å². The summed E-state index contributed by atoms with van der Waals surface area (Å²) in [7, 11) is 3.31. The lowest BCUT2D eigenvalue weighted by molar-refractivity contribution is 0.218. The van der Waals surface area contributed by atoms with Gasteiger partial charge in [-0.2, -0.15) is 0 Å². The SMILES string of the molecule is CCc1ccc2nc(C(c3ccc(OC)c(OC)c3)n3cc(CN4CCCCC4)nn3)sc2c1. The Balaban J connectivity index is 1.55. The average Bonchev–Trinajstić information content (AvgIpc) is 3.51. The molecule has 1 saturated heterocycles. The van der Waals surface area contributed by atoms with Gasteiger partial charge in [-0.15, -0.1) is 16.4 Å². The van der Waals surface area contributed by atoms with Crippen LogP contribution in [0.4, 0.5) is 0 Å². The van der Waals surface area contributed by atoms with Crippen molar-refractivity contribution < 1.29 is 9.47 Å². The Labute approximate surface area is 204 Å². The number of nitrogens with zero attached hydrogens (tertiary/aromatic N) is 5. The number of fused-ring (bicyclic) bond motifs is 1. The van der Waals surface area contributed by atoms with E-state index in [1.807, 2.05) is 16.8 Å². The summed E-state index contributed by atoms with van der Waals surface area (Å²) in [4.78, 5) is 7.48. The zero-order valence-electron chi connectivity index (χ0n) is 20.0. The maximum atomic E-state index is 5.60. The third-order valence-electron chi connectivity index (χ3n) is 6.49. The van der Waals surface area contributed by atoms with E-state index in [9.17, 15) is 0 Å². The average molecular weight is 478 g/mol. The molecular weight excluding hydrogens is 446 g/mol. The van der Waals surface area contributed by atoms with Gasteiger partial charge in [0.1, 0.15) is 11.0 Å². The summed E-state index contributed by atoms with van der Waals surface area (Å²) in [6.07, 6.45) is 6.91. The number of rotatable bonds is 8. The van der Waals surface area contributed by atoms with Gasteiger partial charge in [-0.25, -0.2) is 9.67 Å². The molecule has 0 saturated carbocycles. The lowest BCUT2D eigenvalue weighted by atomic mass is 10.1. The van der Waals surface area contributed by atoms with Crippen LogP contribution >= 0.6 is 11.3 Å². The summed E-state index contributed by atoms with van der Waals surface area (Å²) in [5, 5.41) is 10.1. The third-order valence-corrected chi connectivity index (χ3v) is 7.56. The standard InChI is InChI=1S/C26H31N5O2S/c1-4-18-8-10-21-24(14-18)34-26(27-21)25(19-9-11-22(32-2)23(15-19)33-3)31-17-20(28-29-31)16-30-12-6-5-7-13-30/h8-11,14-15,17,25H,4-7,12-13,16H2,1-3H3. The van der Waals surface area contributed by atoms with Crippen molar-refractivity contribution in [2.45, 2.75) is 45.2 Å². The molecule has 0 bridgehead atoms. The molecule has 8 heteroatoms. The highest BCUT2D eigenvalue weighted by Crippen LogP contribution is 2.37. The monoisotopic (exact) mass is 477 g/mol. The predicted molar refractivity (Wildman–Crippen MR) is 135 cm³/mol. The second-order valence-electron chi connectivity index (χ2n) is 8.75. The first-order valence-electron chi connectivity index (χ1n) is 11.9. The van der Waals surface area contributed by atoms with E-state index < -0.39 is 0 Å². The van der Waals surface area contributed by atoms with Gasteiger partial charge < -0.3 is 9.47 Å². The normalized spacial score (nSPS) is 15.5. The van der Waals surface area contributed by atoms with E-state index in [1.165, 1.54) is 29.5 Å². The molecule has 5 rings (SSSR count). The highest BCUT2D eigenvalue weighted by Gasteiger charge is 2.24. The molecule has 1 unspecified atom stereocenters. The van der Waals surface area contributed by atoms with Gasteiger partial charge in [-0.1, -0.05) is 30.7 Å². The van der Waals surface area contributed by atoms with Crippen molar-refractivity contribution in [3.05, 3.63) is 64.4 Å². The maximum absolute atomic E-state index is 5.60. The lowest BCUT2D eigenvalue weighted by Crippen LogP contribution is -2.29. The fraction of sp³-hybridized carbons (Fsp3) is 0.423. The quantitative estimate of drug-likeness (QED) is 0.352. The van der Waals surface area contributed by atoms with Gasteiger partial charge in [0.05, 0.1) is 36.3 Å². The first-order valence-corrected chi connectivity index (χ1v) is 12.7. The van der Waals surface area contributed by atoms with Crippen LogP contribution < -0.4 is 9.47 Å². The summed E-state index contributed by atoms with van der Waals surface area (Å²) in [6.45, 7) is 5.26. The Morgan fingerprint density at radius 1 is 1.00 bits per heavy atom. The second kappa shape index (κ2) is 10.1. The molecule has 2 aromatic heterocycles. The summed E-state index contributed by atoms with van der Waals surface area (Å²) >= 11 is 1.71. The molecule has 34 heavy (non-hydrogen) atoms. The fourth-order valence-corrected chi connectivity index (χ4v) is 5.77. The van der Waals surface area contributed by atoms with E-state index in [-0.39, 0.29) is 6.04 Å². The number of hydrogen-bond donors (Lipinski definition) is 0. The van der Waals surface area contributed by atoms with Crippen molar-refractivity contribution in [3.8, 4) is 11.5 Å². The third kappa shape index (κ3) is 4.65. The minimum absolute atomic E-state index is 0.204. The van der Waals surface area contributed by atoms with Gasteiger partial charge in [-0.3, -0.25) is 4.90 Å². The van der Waals surface area contributed by atoms with Gasteiger partial charge >= 0.3 is 0 Å². The Kier molecular flexibility index (Phi) is 6.78. The van der Waals surface area contributed by atoms with Crippen LogP contribution in [0.5, 0.6) is 11.5 Å². The number of piperidine rings is 1. The largest absolute Gasteiger partial charge is 0.493 e. The lowest BCUT2D eigenvalue weighted by Gasteiger charge is -2.25. The number of aryl methyl sites for hydroxylation is 1. The number of benzene rings is 2. The van der Waals surface area contributed by atoms with Crippen molar-refractivity contribution in [1.29, 1.82) is 0 Å². The zero-order chi connectivity index (χ0) is 23.5. The van der Waals surface area contributed by atoms with Gasteiger partial charge in [0, 0.05) is 6.54 Å². The molecule has 0 aliphatic carbocycles. The molecule has 1 atom stereocenters.